The number of hydrogen-bond donors (Lipinski definition) is 1. The molecule has 0 radical (unpaired) electrons. The molecule has 0 saturated carbocycles. The molecule has 1 N–H and O–H groups in total. The van der Waals surface area contributed by atoms with E-state index in [9.17, 15) is 9.70 Å². The van der Waals surface area contributed by atoms with Gasteiger partial charge in [0, 0.05) is 0 Å². The molecule has 1 fully saturated rings. The van der Waals surface area contributed by atoms with Crippen molar-refractivity contribution >= 4 is 5.97 Å². The van der Waals surface area contributed by atoms with Gasteiger partial charge in [0.2, 0.25) is 0 Å². The van der Waals surface area contributed by atoms with Crippen molar-refractivity contribution in [3.8, 4) is 0 Å². The summed E-state index contributed by atoms with van der Waals surface area (Å²) >= 11 is 0. The molecule has 1 saturated heterocycles. The summed E-state index contributed by atoms with van der Waals surface area (Å²) in [5, 5.41) is 12.0. The van der Waals surface area contributed by atoms with E-state index >= 15 is 0 Å². The van der Waals surface area contributed by atoms with Crippen LogP contribution in [0.2, 0.25) is 0 Å². The number of carboxylic acid groups (broad SMARTS) is 1. The van der Waals surface area contributed by atoms with E-state index in [0.717, 1.165) is 5.01 Å². The zero-order valence-electron chi connectivity index (χ0n) is 5.93. The lowest BCUT2D eigenvalue weighted by Gasteiger charge is -2.12. The van der Waals surface area contributed by atoms with Gasteiger partial charge in [0.15, 0.2) is 6.04 Å². The number of hydrogen-bond acceptors (Lipinski definition) is 4. The van der Waals surface area contributed by atoms with Crippen molar-refractivity contribution < 1.29 is 14.6 Å². The standard InChI is InChI=1S/C5H8N2O4/c1-3-4(5(8)9)7(6-10)2-11-3/h3-4H,2H2,1H3,(H,8,9). The van der Waals surface area contributed by atoms with Crippen molar-refractivity contribution in [1.29, 1.82) is 0 Å². The van der Waals surface area contributed by atoms with E-state index in [1.54, 1.807) is 6.92 Å². The van der Waals surface area contributed by atoms with Crippen LogP contribution >= 0.6 is 0 Å². The second-order valence-electron chi connectivity index (χ2n) is 2.31. The molecule has 11 heavy (non-hydrogen) atoms. The third-order valence-corrected chi connectivity index (χ3v) is 1.59. The molecule has 1 aliphatic rings. The molecule has 0 amide bonds. The minimum absolute atomic E-state index is 0.0400. The Morgan fingerprint density at radius 3 is 2.82 bits per heavy atom. The van der Waals surface area contributed by atoms with Crippen molar-refractivity contribution in [1.82, 2.24) is 5.01 Å². The number of carbonyl (C=O) groups is 1. The fourth-order valence-electron chi connectivity index (χ4n) is 1.01. The second kappa shape index (κ2) is 2.83. The summed E-state index contributed by atoms with van der Waals surface area (Å²) in [6, 6.07) is -0.938. The molecule has 0 aromatic carbocycles. The highest BCUT2D eigenvalue weighted by Gasteiger charge is 2.38. The largest absolute Gasteiger partial charge is 0.480 e. The summed E-state index contributed by atoms with van der Waals surface area (Å²) in [5.74, 6) is -1.09. The van der Waals surface area contributed by atoms with Gasteiger partial charge >= 0.3 is 5.97 Å². The van der Waals surface area contributed by atoms with E-state index in [-0.39, 0.29) is 6.73 Å². The van der Waals surface area contributed by atoms with Crippen molar-refractivity contribution in [2.45, 2.75) is 19.1 Å². The average Bonchev–Trinajstić information content (AvgIpc) is 2.30. The molecule has 2 atom stereocenters. The summed E-state index contributed by atoms with van der Waals surface area (Å²) in [6.07, 6.45) is -0.481. The van der Waals surface area contributed by atoms with E-state index in [4.69, 9.17) is 9.84 Å². The van der Waals surface area contributed by atoms with Gasteiger partial charge in [-0.2, -0.15) is 0 Å². The van der Waals surface area contributed by atoms with Crippen LogP contribution in [0, 0.1) is 4.91 Å². The maximum Gasteiger partial charge on any atom is 0.331 e. The van der Waals surface area contributed by atoms with Crippen LogP contribution in [0.3, 0.4) is 0 Å². The highest BCUT2D eigenvalue weighted by molar-refractivity contribution is 5.74. The predicted molar refractivity (Wildman–Crippen MR) is 34.5 cm³/mol. The van der Waals surface area contributed by atoms with Crippen LogP contribution in [-0.2, 0) is 9.53 Å². The van der Waals surface area contributed by atoms with Gasteiger partial charge in [-0.1, -0.05) is 0 Å². The number of rotatable bonds is 2. The fraction of sp³-hybridized carbons (Fsp3) is 0.800. The lowest BCUT2D eigenvalue weighted by Crippen LogP contribution is -2.37. The van der Waals surface area contributed by atoms with Gasteiger partial charge in [-0.25, -0.2) is 9.80 Å². The quantitative estimate of drug-likeness (QED) is 0.566. The molecule has 1 heterocycles. The van der Waals surface area contributed by atoms with Crippen molar-refractivity contribution in [3.63, 3.8) is 0 Å². The number of nitroso groups, excluding NO2 is 1. The fourth-order valence-corrected chi connectivity index (χ4v) is 1.01. The Kier molecular flexibility index (Phi) is 2.04. The second-order valence-corrected chi connectivity index (χ2v) is 2.31. The van der Waals surface area contributed by atoms with Crippen LogP contribution in [0.25, 0.3) is 0 Å². The van der Waals surface area contributed by atoms with E-state index < -0.39 is 18.1 Å². The Morgan fingerprint density at radius 1 is 1.82 bits per heavy atom. The molecule has 0 bridgehead atoms. The highest BCUT2D eigenvalue weighted by atomic mass is 16.5. The Balaban J connectivity index is 2.70. The number of aliphatic carboxylic acids is 1. The Morgan fingerprint density at radius 2 is 2.45 bits per heavy atom. The SMILES string of the molecule is CC1OCN(N=O)C1C(=O)O. The van der Waals surface area contributed by atoms with Crippen molar-refractivity contribution in [2.75, 3.05) is 6.73 Å². The van der Waals surface area contributed by atoms with Gasteiger partial charge in [-0.05, 0) is 6.92 Å². The molecule has 1 rings (SSSR count). The van der Waals surface area contributed by atoms with Crippen LogP contribution in [0.5, 0.6) is 0 Å². The molecule has 0 aliphatic carbocycles. The minimum atomic E-state index is -1.09. The maximum atomic E-state index is 10.5. The third-order valence-electron chi connectivity index (χ3n) is 1.59. The smallest absolute Gasteiger partial charge is 0.331 e. The first kappa shape index (κ1) is 7.93. The molecular formula is C5H8N2O4. The van der Waals surface area contributed by atoms with Crippen LogP contribution in [-0.4, -0.2) is 35.0 Å². The summed E-state index contributed by atoms with van der Waals surface area (Å²) in [6.45, 7) is 1.55. The topological polar surface area (TPSA) is 79.2 Å². The molecule has 6 heteroatoms. The number of nitrogens with zero attached hydrogens (tertiary/aromatic N) is 2. The summed E-state index contributed by atoms with van der Waals surface area (Å²) < 4.78 is 4.88. The van der Waals surface area contributed by atoms with Gasteiger partial charge in [0.05, 0.1) is 11.4 Å². The van der Waals surface area contributed by atoms with Crippen molar-refractivity contribution in [3.05, 3.63) is 4.91 Å². The van der Waals surface area contributed by atoms with Gasteiger partial charge in [0.1, 0.15) is 6.73 Å². The number of carboxylic acids is 1. The van der Waals surface area contributed by atoms with E-state index in [2.05, 4.69) is 5.29 Å². The molecule has 1 aliphatic heterocycles. The van der Waals surface area contributed by atoms with Gasteiger partial charge in [0.25, 0.3) is 0 Å². The van der Waals surface area contributed by atoms with Crippen LogP contribution in [0.15, 0.2) is 5.29 Å². The van der Waals surface area contributed by atoms with Gasteiger partial charge < -0.3 is 9.84 Å². The molecular weight excluding hydrogens is 152 g/mol. The number of ether oxygens (including phenoxy) is 1. The maximum absolute atomic E-state index is 10.5. The summed E-state index contributed by atoms with van der Waals surface area (Å²) in [5.41, 5.74) is 0. The monoisotopic (exact) mass is 160 g/mol. The van der Waals surface area contributed by atoms with Gasteiger partial charge in [-0.3, -0.25) is 0 Å². The summed E-state index contributed by atoms with van der Waals surface area (Å²) in [7, 11) is 0. The molecule has 0 aromatic heterocycles. The summed E-state index contributed by atoms with van der Waals surface area (Å²) in [4.78, 5) is 20.5. The zero-order valence-corrected chi connectivity index (χ0v) is 5.93. The zero-order chi connectivity index (χ0) is 8.43. The van der Waals surface area contributed by atoms with Crippen LogP contribution in [0.4, 0.5) is 0 Å². The van der Waals surface area contributed by atoms with Crippen LogP contribution in [0.1, 0.15) is 6.92 Å². The molecule has 0 spiro atoms. The molecule has 0 aromatic rings. The third kappa shape index (κ3) is 1.30. The van der Waals surface area contributed by atoms with E-state index in [1.807, 2.05) is 0 Å². The van der Waals surface area contributed by atoms with Crippen molar-refractivity contribution in [2.24, 2.45) is 5.29 Å². The Hall–Kier alpha value is -1.17. The molecule has 2 unspecified atom stereocenters. The van der Waals surface area contributed by atoms with E-state index in [1.165, 1.54) is 0 Å². The van der Waals surface area contributed by atoms with Crippen LogP contribution < -0.4 is 0 Å². The Labute approximate surface area is 62.7 Å². The lowest BCUT2D eigenvalue weighted by molar-refractivity contribution is -0.142. The van der Waals surface area contributed by atoms with Gasteiger partial charge in [-0.15, -0.1) is 4.91 Å². The first-order valence-corrected chi connectivity index (χ1v) is 3.11. The first-order valence-electron chi connectivity index (χ1n) is 3.11. The predicted octanol–water partition coefficient (Wildman–Crippen LogP) is -0.201. The molecule has 6 nitrogen and oxygen atoms in total. The first-order chi connectivity index (χ1) is 5.16. The highest BCUT2D eigenvalue weighted by Crippen LogP contribution is 2.16. The average molecular weight is 160 g/mol. The minimum Gasteiger partial charge on any atom is -0.480 e. The molecule has 62 valence electrons. The normalized spacial score (nSPS) is 30.5. The van der Waals surface area contributed by atoms with E-state index in [0.29, 0.717) is 0 Å². The Bertz CT molecular complexity index is 183. The lowest BCUT2D eigenvalue weighted by atomic mass is 10.2.